The molecule has 1 aliphatic carbocycles. The van der Waals surface area contributed by atoms with Gasteiger partial charge < -0.3 is 11.1 Å². The van der Waals surface area contributed by atoms with Crippen LogP contribution < -0.4 is 11.1 Å². The largest absolute Gasteiger partial charge is 0.398 e. The smallest absolute Gasteiger partial charge is 0.251 e. The second kappa shape index (κ2) is 6.23. The summed E-state index contributed by atoms with van der Waals surface area (Å²) < 4.78 is 0.769. The molecule has 3 nitrogen and oxygen atoms in total. The quantitative estimate of drug-likeness (QED) is 0.838. The normalized spacial score (nSPS) is 15.8. The first-order valence-corrected chi connectivity index (χ1v) is 7.29. The lowest BCUT2D eigenvalue weighted by atomic mass is 10.0. The minimum atomic E-state index is -0.0197. The number of benzene rings is 1. The third-order valence-electron chi connectivity index (χ3n) is 3.58. The van der Waals surface area contributed by atoms with Crippen molar-refractivity contribution in [2.45, 2.75) is 32.1 Å². The van der Waals surface area contributed by atoms with E-state index in [9.17, 15) is 4.79 Å². The van der Waals surface area contributed by atoms with Crippen molar-refractivity contribution < 1.29 is 4.79 Å². The number of hydrogen-bond donors (Lipinski definition) is 2. The molecule has 0 radical (unpaired) electrons. The van der Waals surface area contributed by atoms with Crippen molar-refractivity contribution in [2.24, 2.45) is 5.92 Å². The van der Waals surface area contributed by atoms with Crippen molar-refractivity contribution in [2.75, 3.05) is 12.3 Å². The van der Waals surface area contributed by atoms with Gasteiger partial charge in [0.25, 0.3) is 5.91 Å². The number of rotatable bonds is 4. The van der Waals surface area contributed by atoms with Crippen molar-refractivity contribution >= 4 is 27.5 Å². The fourth-order valence-corrected chi connectivity index (χ4v) is 2.84. The van der Waals surface area contributed by atoms with Crippen LogP contribution in [0.15, 0.2) is 22.7 Å². The first kappa shape index (κ1) is 13.4. The van der Waals surface area contributed by atoms with E-state index in [-0.39, 0.29) is 5.91 Å². The van der Waals surface area contributed by atoms with Gasteiger partial charge in [0.15, 0.2) is 0 Å². The zero-order valence-corrected chi connectivity index (χ0v) is 12.0. The predicted molar refractivity (Wildman–Crippen MR) is 77.5 cm³/mol. The van der Waals surface area contributed by atoms with Gasteiger partial charge >= 0.3 is 0 Å². The molecule has 98 valence electrons. The van der Waals surface area contributed by atoms with E-state index in [1.54, 1.807) is 18.2 Å². The van der Waals surface area contributed by atoms with Crippen LogP contribution in [0.1, 0.15) is 42.5 Å². The molecule has 18 heavy (non-hydrogen) atoms. The molecule has 0 aliphatic heterocycles. The van der Waals surface area contributed by atoms with Crippen LogP contribution >= 0.6 is 15.9 Å². The van der Waals surface area contributed by atoms with Crippen molar-refractivity contribution in [1.29, 1.82) is 0 Å². The second-order valence-corrected chi connectivity index (χ2v) is 5.79. The average molecular weight is 311 g/mol. The Bertz CT molecular complexity index is 428. The first-order valence-electron chi connectivity index (χ1n) is 6.50. The number of halogens is 1. The van der Waals surface area contributed by atoms with E-state index in [0.29, 0.717) is 11.3 Å². The predicted octanol–water partition coefficient (Wildman–Crippen LogP) is 3.34. The average Bonchev–Trinajstić information content (AvgIpc) is 2.85. The van der Waals surface area contributed by atoms with Crippen molar-refractivity contribution in [3.8, 4) is 0 Å². The van der Waals surface area contributed by atoms with Crippen molar-refractivity contribution in [1.82, 2.24) is 5.32 Å². The van der Waals surface area contributed by atoms with Crippen LogP contribution in [0, 0.1) is 5.92 Å². The molecular weight excluding hydrogens is 292 g/mol. The molecule has 0 spiro atoms. The topological polar surface area (TPSA) is 55.1 Å². The highest BCUT2D eigenvalue weighted by atomic mass is 79.9. The number of nitrogens with one attached hydrogen (secondary N) is 1. The van der Waals surface area contributed by atoms with E-state index in [1.165, 1.54) is 25.7 Å². The zero-order chi connectivity index (χ0) is 13.0. The molecule has 2 rings (SSSR count). The van der Waals surface area contributed by atoms with Crippen molar-refractivity contribution in [3.63, 3.8) is 0 Å². The molecule has 0 bridgehead atoms. The monoisotopic (exact) mass is 310 g/mol. The first-order chi connectivity index (χ1) is 8.66. The number of nitrogens with two attached hydrogens (primary N) is 1. The highest BCUT2D eigenvalue weighted by molar-refractivity contribution is 9.10. The summed E-state index contributed by atoms with van der Waals surface area (Å²) in [6.45, 7) is 0.769. The Labute approximate surface area is 116 Å². The Morgan fingerprint density at radius 3 is 2.78 bits per heavy atom. The molecule has 3 N–H and O–H groups in total. The fraction of sp³-hybridized carbons (Fsp3) is 0.500. The van der Waals surface area contributed by atoms with Gasteiger partial charge in [0.05, 0.1) is 0 Å². The summed E-state index contributed by atoms with van der Waals surface area (Å²) in [7, 11) is 0. The van der Waals surface area contributed by atoms with E-state index >= 15 is 0 Å². The molecule has 1 saturated carbocycles. The molecule has 1 fully saturated rings. The number of nitrogen functional groups attached to an aromatic ring is 1. The lowest BCUT2D eigenvalue weighted by Crippen LogP contribution is -2.25. The molecule has 4 heteroatoms. The molecule has 1 aliphatic rings. The number of carbonyl (C=O) groups excluding carboxylic acids is 1. The van der Waals surface area contributed by atoms with Gasteiger partial charge in [-0.05, 0) is 46.5 Å². The van der Waals surface area contributed by atoms with Gasteiger partial charge in [-0.15, -0.1) is 0 Å². The van der Waals surface area contributed by atoms with Crippen LogP contribution in [-0.2, 0) is 0 Å². The minimum absolute atomic E-state index is 0.0197. The SMILES string of the molecule is Nc1ccc(C(=O)NCCC2CCCC2)cc1Br. The zero-order valence-electron chi connectivity index (χ0n) is 10.4. The molecule has 0 atom stereocenters. The maximum absolute atomic E-state index is 11.9. The second-order valence-electron chi connectivity index (χ2n) is 4.93. The van der Waals surface area contributed by atoms with E-state index < -0.39 is 0 Å². The lowest BCUT2D eigenvalue weighted by molar-refractivity contribution is 0.0951. The van der Waals surface area contributed by atoms with Gasteiger partial charge in [-0.25, -0.2) is 0 Å². The summed E-state index contributed by atoms with van der Waals surface area (Å²) in [5.41, 5.74) is 7.00. The van der Waals surface area contributed by atoms with E-state index in [1.807, 2.05) is 0 Å². The highest BCUT2D eigenvalue weighted by Gasteiger charge is 2.15. The van der Waals surface area contributed by atoms with E-state index in [0.717, 1.165) is 23.4 Å². The van der Waals surface area contributed by atoms with E-state index in [4.69, 9.17) is 5.73 Å². The summed E-state index contributed by atoms with van der Waals surface area (Å²) in [5.74, 6) is 0.789. The third kappa shape index (κ3) is 3.48. The Morgan fingerprint density at radius 2 is 2.11 bits per heavy atom. The van der Waals surface area contributed by atoms with Gasteiger partial charge in [0, 0.05) is 22.3 Å². The third-order valence-corrected chi connectivity index (χ3v) is 4.26. The molecule has 0 unspecified atom stereocenters. The van der Waals surface area contributed by atoms with Crippen LogP contribution in [0.4, 0.5) is 5.69 Å². The molecular formula is C14H19BrN2O. The van der Waals surface area contributed by atoms with Crippen molar-refractivity contribution in [3.05, 3.63) is 28.2 Å². The molecule has 0 aromatic heterocycles. The Kier molecular flexibility index (Phi) is 4.64. The van der Waals surface area contributed by atoms with E-state index in [2.05, 4.69) is 21.2 Å². The molecule has 1 aromatic rings. The van der Waals surface area contributed by atoms with Gasteiger partial charge in [0.2, 0.25) is 0 Å². The maximum Gasteiger partial charge on any atom is 0.251 e. The standard InChI is InChI=1S/C14H19BrN2O/c15-12-9-11(5-6-13(12)16)14(18)17-8-7-10-3-1-2-4-10/h5-6,9-10H,1-4,7-8,16H2,(H,17,18). The lowest BCUT2D eigenvalue weighted by Gasteiger charge is -2.10. The molecule has 0 heterocycles. The number of hydrogen-bond acceptors (Lipinski definition) is 2. The van der Waals surface area contributed by atoms with Crippen LogP contribution in [0.5, 0.6) is 0 Å². The maximum atomic E-state index is 11.9. The number of carbonyl (C=O) groups is 1. The summed E-state index contributed by atoms with van der Waals surface area (Å²) in [5, 5.41) is 2.97. The molecule has 1 amide bonds. The van der Waals surface area contributed by atoms with Gasteiger partial charge in [-0.1, -0.05) is 25.7 Å². The summed E-state index contributed by atoms with van der Waals surface area (Å²) in [4.78, 5) is 11.9. The minimum Gasteiger partial charge on any atom is -0.398 e. The highest BCUT2D eigenvalue weighted by Crippen LogP contribution is 2.27. The molecule has 1 aromatic carbocycles. The van der Waals surface area contributed by atoms with Crippen LogP contribution in [0.2, 0.25) is 0 Å². The summed E-state index contributed by atoms with van der Waals surface area (Å²) >= 11 is 3.33. The van der Waals surface area contributed by atoms with Gasteiger partial charge in [-0.2, -0.15) is 0 Å². The van der Waals surface area contributed by atoms with Crippen LogP contribution in [0.3, 0.4) is 0 Å². The number of anilines is 1. The molecule has 0 saturated heterocycles. The Morgan fingerprint density at radius 1 is 1.39 bits per heavy atom. The summed E-state index contributed by atoms with van der Waals surface area (Å²) in [6.07, 6.45) is 6.45. The fourth-order valence-electron chi connectivity index (χ4n) is 2.46. The summed E-state index contributed by atoms with van der Waals surface area (Å²) in [6, 6.07) is 5.27. The van der Waals surface area contributed by atoms with Gasteiger partial charge in [-0.3, -0.25) is 4.79 Å². The Hall–Kier alpha value is -1.03. The van der Waals surface area contributed by atoms with Gasteiger partial charge in [0.1, 0.15) is 0 Å². The number of amides is 1. The Balaban J connectivity index is 1.81. The van der Waals surface area contributed by atoms with Crippen LogP contribution in [-0.4, -0.2) is 12.5 Å². The van der Waals surface area contributed by atoms with Crippen LogP contribution in [0.25, 0.3) is 0 Å².